The molecule has 1 unspecified atom stereocenters. The van der Waals surface area contributed by atoms with Crippen molar-refractivity contribution in [1.82, 2.24) is 20.6 Å². The van der Waals surface area contributed by atoms with E-state index in [1.54, 1.807) is 17.7 Å². The average Bonchev–Trinajstić information content (AvgIpc) is 3.07. The molecule has 6 nitrogen and oxygen atoms in total. The van der Waals surface area contributed by atoms with Crippen LogP contribution in [0.5, 0.6) is 0 Å². The van der Waals surface area contributed by atoms with E-state index in [1.165, 1.54) is 0 Å². The van der Waals surface area contributed by atoms with Crippen LogP contribution in [0.2, 0.25) is 0 Å². The Morgan fingerprint density at radius 3 is 3.22 bits per heavy atom. The van der Waals surface area contributed by atoms with E-state index in [9.17, 15) is 4.79 Å². The molecule has 0 bridgehead atoms. The highest BCUT2D eigenvalue weighted by Gasteiger charge is 2.27. The fraction of sp³-hybridized carbons (Fsp3) is 0.562. The van der Waals surface area contributed by atoms with E-state index in [1.807, 2.05) is 12.4 Å². The second-order valence-corrected chi connectivity index (χ2v) is 6.76. The minimum absolute atomic E-state index is 0.0435. The monoisotopic (exact) mass is 333 g/mol. The smallest absolute Gasteiger partial charge is 0.224 e. The topological polar surface area (TPSA) is 70.2 Å². The van der Waals surface area contributed by atoms with E-state index < -0.39 is 0 Å². The number of thiophene rings is 1. The zero-order chi connectivity index (χ0) is 16.1. The number of nitrogens with zero attached hydrogens (tertiary/aromatic N) is 3. The maximum absolute atomic E-state index is 12.4. The molecule has 3 heterocycles. The molecule has 0 spiro atoms. The van der Waals surface area contributed by atoms with Gasteiger partial charge in [0.1, 0.15) is 17.0 Å². The van der Waals surface area contributed by atoms with Gasteiger partial charge < -0.3 is 15.5 Å². The van der Waals surface area contributed by atoms with Gasteiger partial charge in [-0.25, -0.2) is 9.97 Å². The Balaban J connectivity index is 1.64. The summed E-state index contributed by atoms with van der Waals surface area (Å²) in [5.74, 6) is 1.17. The van der Waals surface area contributed by atoms with Crippen molar-refractivity contribution < 1.29 is 4.79 Å². The first kappa shape index (κ1) is 16.1. The summed E-state index contributed by atoms with van der Waals surface area (Å²) in [6.45, 7) is 3.35. The summed E-state index contributed by atoms with van der Waals surface area (Å²) in [6, 6.07) is 2.07. The van der Waals surface area contributed by atoms with Crippen LogP contribution in [-0.4, -0.2) is 49.1 Å². The quantitative estimate of drug-likeness (QED) is 0.787. The molecule has 0 radical (unpaired) electrons. The molecule has 7 heteroatoms. The van der Waals surface area contributed by atoms with Crippen molar-refractivity contribution in [2.75, 3.05) is 38.1 Å². The molecule has 1 atom stereocenters. The van der Waals surface area contributed by atoms with Gasteiger partial charge in [0.05, 0.1) is 11.3 Å². The summed E-state index contributed by atoms with van der Waals surface area (Å²) >= 11 is 1.63. The number of anilines is 1. The van der Waals surface area contributed by atoms with E-state index in [0.29, 0.717) is 0 Å². The normalized spacial score (nSPS) is 18.3. The molecule has 1 aliphatic heterocycles. The molecule has 23 heavy (non-hydrogen) atoms. The van der Waals surface area contributed by atoms with E-state index in [0.717, 1.165) is 61.5 Å². The summed E-state index contributed by atoms with van der Waals surface area (Å²) in [5, 5.41) is 9.28. The van der Waals surface area contributed by atoms with Crippen molar-refractivity contribution >= 4 is 33.3 Å². The Labute approximate surface area is 140 Å². The van der Waals surface area contributed by atoms with Crippen LogP contribution in [0.25, 0.3) is 10.2 Å². The van der Waals surface area contributed by atoms with Crippen LogP contribution in [0.1, 0.15) is 19.3 Å². The SMILES string of the molecule is CNCCCNC(=O)C1CCCN(c2ncnc3sccc23)C1. The van der Waals surface area contributed by atoms with Crippen molar-refractivity contribution in [3.63, 3.8) is 0 Å². The van der Waals surface area contributed by atoms with Crippen molar-refractivity contribution in [3.8, 4) is 0 Å². The predicted molar refractivity (Wildman–Crippen MR) is 93.9 cm³/mol. The van der Waals surface area contributed by atoms with Crippen LogP contribution in [0, 0.1) is 5.92 Å². The molecule has 0 aromatic carbocycles. The molecule has 1 fully saturated rings. The van der Waals surface area contributed by atoms with Crippen molar-refractivity contribution in [1.29, 1.82) is 0 Å². The average molecular weight is 333 g/mol. The van der Waals surface area contributed by atoms with E-state index in [2.05, 4.69) is 31.6 Å². The molecule has 0 saturated carbocycles. The highest BCUT2D eigenvalue weighted by Crippen LogP contribution is 2.29. The number of aromatic nitrogens is 2. The lowest BCUT2D eigenvalue weighted by Crippen LogP contribution is -2.43. The highest BCUT2D eigenvalue weighted by atomic mass is 32.1. The van der Waals surface area contributed by atoms with E-state index in [4.69, 9.17) is 0 Å². The lowest BCUT2D eigenvalue weighted by Gasteiger charge is -2.33. The number of hydrogen-bond donors (Lipinski definition) is 2. The van der Waals surface area contributed by atoms with Crippen LogP contribution < -0.4 is 15.5 Å². The van der Waals surface area contributed by atoms with Crippen molar-refractivity contribution in [3.05, 3.63) is 17.8 Å². The minimum atomic E-state index is 0.0435. The number of carbonyl (C=O) groups is 1. The molecule has 2 N–H and O–H groups in total. The number of hydrogen-bond acceptors (Lipinski definition) is 6. The van der Waals surface area contributed by atoms with Crippen LogP contribution in [0.4, 0.5) is 5.82 Å². The number of rotatable bonds is 6. The third kappa shape index (κ3) is 3.79. The van der Waals surface area contributed by atoms with Gasteiger partial charge in [-0.2, -0.15) is 0 Å². The fourth-order valence-corrected chi connectivity index (χ4v) is 3.76. The molecular weight excluding hydrogens is 310 g/mol. The van der Waals surface area contributed by atoms with E-state index >= 15 is 0 Å². The molecule has 1 saturated heterocycles. The molecule has 3 rings (SSSR count). The van der Waals surface area contributed by atoms with Gasteiger partial charge in [0.2, 0.25) is 5.91 Å². The van der Waals surface area contributed by atoms with Gasteiger partial charge in [0.25, 0.3) is 0 Å². The largest absolute Gasteiger partial charge is 0.356 e. The number of piperidine rings is 1. The number of nitrogens with one attached hydrogen (secondary N) is 2. The first-order valence-electron chi connectivity index (χ1n) is 8.15. The Bertz CT molecular complexity index is 659. The highest BCUT2D eigenvalue weighted by molar-refractivity contribution is 7.16. The van der Waals surface area contributed by atoms with Crippen LogP contribution in [-0.2, 0) is 4.79 Å². The third-order valence-electron chi connectivity index (χ3n) is 4.24. The van der Waals surface area contributed by atoms with Crippen LogP contribution >= 0.6 is 11.3 Å². The molecule has 2 aromatic rings. The van der Waals surface area contributed by atoms with Crippen LogP contribution in [0.15, 0.2) is 17.8 Å². The molecule has 1 amide bonds. The second-order valence-electron chi connectivity index (χ2n) is 5.87. The van der Waals surface area contributed by atoms with Gasteiger partial charge in [-0.15, -0.1) is 11.3 Å². The van der Waals surface area contributed by atoms with Crippen molar-refractivity contribution in [2.24, 2.45) is 5.92 Å². The Kier molecular flexibility index (Phi) is 5.40. The molecular formula is C16H23N5OS. The zero-order valence-electron chi connectivity index (χ0n) is 13.4. The van der Waals surface area contributed by atoms with Crippen molar-refractivity contribution in [2.45, 2.75) is 19.3 Å². The lowest BCUT2D eigenvalue weighted by atomic mass is 9.97. The molecule has 2 aromatic heterocycles. The molecule has 124 valence electrons. The van der Waals surface area contributed by atoms with Gasteiger partial charge >= 0.3 is 0 Å². The second kappa shape index (κ2) is 7.70. The Morgan fingerprint density at radius 2 is 2.35 bits per heavy atom. The Morgan fingerprint density at radius 1 is 1.43 bits per heavy atom. The van der Waals surface area contributed by atoms with Gasteiger partial charge in [0.15, 0.2) is 0 Å². The predicted octanol–water partition coefficient (Wildman–Crippen LogP) is 1.63. The van der Waals surface area contributed by atoms with Gasteiger partial charge in [0, 0.05) is 19.6 Å². The summed E-state index contributed by atoms with van der Waals surface area (Å²) in [4.78, 5) is 24.4. The lowest BCUT2D eigenvalue weighted by molar-refractivity contribution is -0.125. The maximum Gasteiger partial charge on any atom is 0.224 e. The standard InChI is InChI=1S/C16H23N5OS/c1-17-6-3-7-18-15(22)12-4-2-8-21(10-12)14-13-5-9-23-16(13)20-11-19-14/h5,9,11-12,17H,2-4,6-8,10H2,1H3,(H,18,22). The summed E-state index contributed by atoms with van der Waals surface area (Å²) < 4.78 is 0. The fourth-order valence-electron chi connectivity index (χ4n) is 3.03. The van der Waals surface area contributed by atoms with Gasteiger partial charge in [-0.3, -0.25) is 4.79 Å². The zero-order valence-corrected chi connectivity index (χ0v) is 14.2. The summed E-state index contributed by atoms with van der Waals surface area (Å²) in [5.41, 5.74) is 0. The number of amides is 1. The van der Waals surface area contributed by atoms with E-state index in [-0.39, 0.29) is 11.8 Å². The maximum atomic E-state index is 12.4. The van der Waals surface area contributed by atoms with Gasteiger partial charge in [-0.1, -0.05) is 0 Å². The molecule has 1 aliphatic rings. The molecule has 0 aliphatic carbocycles. The summed E-state index contributed by atoms with van der Waals surface area (Å²) in [7, 11) is 1.92. The first-order valence-corrected chi connectivity index (χ1v) is 9.03. The van der Waals surface area contributed by atoms with Gasteiger partial charge in [-0.05, 0) is 44.3 Å². The summed E-state index contributed by atoms with van der Waals surface area (Å²) in [6.07, 6.45) is 4.55. The number of carbonyl (C=O) groups excluding carboxylic acids is 1. The minimum Gasteiger partial charge on any atom is -0.356 e. The third-order valence-corrected chi connectivity index (χ3v) is 5.06. The Hall–Kier alpha value is -1.73. The number of fused-ring (bicyclic) bond motifs is 1. The first-order chi connectivity index (χ1) is 11.3. The van der Waals surface area contributed by atoms with Crippen LogP contribution in [0.3, 0.4) is 0 Å².